The number of para-hydroxylation sites is 2. The van der Waals surface area contributed by atoms with E-state index in [4.69, 9.17) is 31.8 Å². The SMILES string of the molecule is CCOC(Cc1ccc(OCCN(C)c2nc3ccccc3o2)cc1)C(N)=S. The van der Waals surface area contributed by atoms with Crippen molar-refractivity contribution in [3.05, 3.63) is 54.1 Å². The molecule has 0 fully saturated rings. The van der Waals surface area contributed by atoms with Crippen LogP contribution < -0.4 is 15.4 Å². The van der Waals surface area contributed by atoms with Crippen LogP contribution in [0.25, 0.3) is 11.1 Å². The van der Waals surface area contributed by atoms with Gasteiger partial charge >= 0.3 is 0 Å². The third-order valence-corrected chi connectivity index (χ3v) is 4.60. The highest BCUT2D eigenvalue weighted by Crippen LogP contribution is 2.20. The molecule has 1 atom stereocenters. The monoisotopic (exact) mass is 399 g/mol. The zero-order valence-corrected chi connectivity index (χ0v) is 16.9. The molecule has 1 aromatic heterocycles. The molecular formula is C21H25N3O3S. The summed E-state index contributed by atoms with van der Waals surface area (Å²) in [6.45, 7) is 3.68. The summed E-state index contributed by atoms with van der Waals surface area (Å²) in [4.78, 5) is 6.79. The molecule has 0 amide bonds. The molecule has 3 rings (SSSR count). The summed E-state index contributed by atoms with van der Waals surface area (Å²) in [7, 11) is 1.93. The van der Waals surface area contributed by atoms with E-state index in [1.165, 1.54) is 0 Å². The van der Waals surface area contributed by atoms with Gasteiger partial charge in [0.15, 0.2) is 5.58 Å². The zero-order chi connectivity index (χ0) is 19.9. The van der Waals surface area contributed by atoms with E-state index < -0.39 is 0 Å². The molecule has 2 N–H and O–H groups in total. The van der Waals surface area contributed by atoms with Crippen LogP contribution in [0.4, 0.5) is 6.01 Å². The van der Waals surface area contributed by atoms with Gasteiger partial charge in [-0.25, -0.2) is 0 Å². The topological polar surface area (TPSA) is 73.8 Å². The van der Waals surface area contributed by atoms with E-state index in [-0.39, 0.29) is 6.10 Å². The van der Waals surface area contributed by atoms with Gasteiger partial charge in [-0.1, -0.05) is 36.5 Å². The third-order valence-electron chi connectivity index (χ3n) is 4.33. The number of oxazole rings is 1. The molecule has 0 aliphatic heterocycles. The van der Waals surface area contributed by atoms with Crippen molar-refractivity contribution in [2.24, 2.45) is 5.73 Å². The molecule has 0 bridgehead atoms. The van der Waals surface area contributed by atoms with Crippen molar-refractivity contribution >= 4 is 34.3 Å². The molecule has 28 heavy (non-hydrogen) atoms. The van der Waals surface area contributed by atoms with Crippen LogP contribution in [0.15, 0.2) is 52.9 Å². The minimum Gasteiger partial charge on any atom is -0.492 e. The van der Waals surface area contributed by atoms with E-state index in [0.717, 1.165) is 22.4 Å². The lowest BCUT2D eigenvalue weighted by Gasteiger charge is -2.16. The van der Waals surface area contributed by atoms with Crippen LogP contribution in [0, 0.1) is 0 Å². The Balaban J connectivity index is 1.49. The lowest BCUT2D eigenvalue weighted by molar-refractivity contribution is 0.111. The largest absolute Gasteiger partial charge is 0.492 e. The van der Waals surface area contributed by atoms with Gasteiger partial charge in [0, 0.05) is 20.1 Å². The number of hydrogen-bond donors (Lipinski definition) is 1. The molecule has 1 heterocycles. The second-order valence-corrected chi connectivity index (χ2v) is 6.90. The van der Waals surface area contributed by atoms with Gasteiger partial charge < -0.3 is 24.5 Å². The van der Waals surface area contributed by atoms with Crippen LogP contribution in [-0.4, -0.2) is 42.9 Å². The number of likely N-dealkylation sites (N-methyl/N-ethyl adjacent to an activating group) is 1. The summed E-state index contributed by atoms with van der Waals surface area (Å²) in [5, 5.41) is 0. The minimum absolute atomic E-state index is 0.239. The van der Waals surface area contributed by atoms with Crippen LogP contribution >= 0.6 is 12.2 Å². The molecule has 2 aromatic carbocycles. The predicted octanol–water partition coefficient (Wildman–Crippen LogP) is 3.58. The summed E-state index contributed by atoms with van der Waals surface area (Å²) in [5.74, 6) is 0.804. The van der Waals surface area contributed by atoms with E-state index in [0.29, 0.717) is 37.2 Å². The number of aromatic nitrogens is 1. The Bertz CT molecular complexity index is 878. The van der Waals surface area contributed by atoms with Gasteiger partial charge in [0.05, 0.1) is 6.54 Å². The first-order valence-corrected chi connectivity index (χ1v) is 9.67. The Morgan fingerprint density at radius 2 is 1.96 bits per heavy atom. The smallest absolute Gasteiger partial charge is 0.298 e. The van der Waals surface area contributed by atoms with Gasteiger partial charge in [0.2, 0.25) is 0 Å². The maximum absolute atomic E-state index is 5.83. The second kappa shape index (κ2) is 9.52. The number of nitrogens with zero attached hydrogens (tertiary/aromatic N) is 2. The zero-order valence-electron chi connectivity index (χ0n) is 16.1. The quantitative estimate of drug-likeness (QED) is 0.522. The van der Waals surface area contributed by atoms with Crippen molar-refractivity contribution in [3.63, 3.8) is 0 Å². The van der Waals surface area contributed by atoms with Gasteiger partial charge in [-0.3, -0.25) is 0 Å². The average molecular weight is 400 g/mol. The molecule has 0 saturated carbocycles. The highest BCUT2D eigenvalue weighted by Gasteiger charge is 2.13. The first kappa shape index (κ1) is 20.1. The van der Waals surface area contributed by atoms with Crippen LogP contribution in [0.2, 0.25) is 0 Å². The number of anilines is 1. The standard InChI is InChI=1S/C21H25N3O3S/c1-3-25-19(20(22)28)14-15-8-10-16(11-9-15)26-13-12-24(2)21-23-17-6-4-5-7-18(17)27-21/h4-11,19H,3,12-14H2,1-2H3,(H2,22,28). The highest BCUT2D eigenvalue weighted by atomic mass is 32.1. The van der Waals surface area contributed by atoms with Gasteiger partial charge in [-0.15, -0.1) is 0 Å². The Hall–Kier alpha value is -2.64. The summed E-state index contributed by atoms with van der Waals surface area (Å²) in [5.41, 5.74) is 8.46. The summed E-state index contributed by atoms with van der Waals surface area (Å²) >= 11 is 5.06. The molecule has 0 aliphatic rings. The Kier molecular flexibility index (Phi) is 6.84. The number of benzene rings is 2. The van der Waals surface area contributed by atoms with Crippen molar-refractivity contribution in [2.75, 3.05) is 31.7 Å². The number of fused-ring (bicyclic) bond motifs is 1. The molecule has 3 aromatic rings. The van der Waals surface area contributed by atoms with E-state index in [2.05, 4.69) is 4.98 Å². The first-order chi connectivity index (χ1) is 13.6. The fraction of sp³-hybridized carbons (Fsp3) is 0.333. The molecule has 6 nitrogen and oxygen atoms in total. The van der Waals surface area contributed by atoms with E-state index >= 15 is 0 Å². The minimum atomic E-state index is -0.239. The lowest BCUT2D eigenvalue weighted by atomic mass is 10.1. The number of rotatable bonds is 10. The molecule has 0 spiro atoms. The van der Waals surface area contributed by atoms with Crippen molar-refractivity contribution in [1.82, 2.24) is 4.98 Å². The molecular weight excluding hydrogens is 374 g/mol. The van der Waals surface area contributed by atoms with Crippen LogP contribution in [0.3, 0.4) is 0 Å². The molecule has 0 aliphatic carbocycles. The van der Waals surface area contributed by atoms with Crippen LogP contribution in [0.5, 0.6) is 5.75 Å². The Morgan fingerprint density at radius 3 is 2.64 bits per heavy atom. The van der Waals surface area contributed by atoms with Crippen molar-refractivity contribution in [3.8, 4) is 5.75 Å². The average Bonchev–Trinajstić information content (AvgIpc) is 3.13. The number of thiocarbonyl (C=S) groups is 1. The van der Waals surface area contributed by atoms with Crippen molar-refractivity contribution in [2.45, 2.75) is 19.4 Å². The summed E-state index contributed by atoms with van der Waals surface area (Å²) < 4.78 is 17.2. The third kappa shape index (κ3) is 5.21. The number of ether oxygens (including phenoxy) is 2. The number of nitrogens with two attached hydrogens (primary N) is 1. The molecule has 0 saturated heterocycles. The van der Waals surface area contributed by atoms with Crippen molar-refractivity contribution in [1.29, 1.82) is 0 Å². The molecule has 1 unspecified atom stereocenters. The highest BCUT2D eigenvalue weighted by molar-refractivity contribution is 7.80. The Morgan fingerprint density at radius 1 is 1.21 bits per heavy atom. The van der Waals surface area contributed by atoms with Gasteiger partial charge in [0.1, 0.15) is 29.0 Å². The van der Waals surface area contributed by atoms with E-state index in [1.807, 2.05) is 67.4 Å². The number of hydrogen-bond acceptors (Lipinski definition) is 6. The maximum atomic E-state index is 5.83. The molecule has 7 heteroatoms. The summed E-state index contributed by atoms with van der Waals surface area (Å²) in [6.07, 6.45) is 0.418. The summed E-state index contributed by atoms with van der Waals surface area (Å²) in [6, 6.07) is 16.2. The van der Waals surface area contributed by atoms with Gasteiger partial charge in [0.25, 0.3) is 6.01 Å². The fourth-order valence-corrected chi connectivity index (χ4v) is 2.95. The van der Waals surface area contributed by atoms with Crippen molar-refractivity contribution < 1.29 is 13.9 Å². The molecule has 148 valence electrons. The van der Waals surface area contributed by atoms with Gasteiger partial charge in [-0.05, 0) is 36.8 Å². The van der Waals surface area contributed by atoms with E-state index in [9.17, 15) is 0 Å². The maximum Gasteiger partial charge on any atom is 0.298 e. The van der Waals surface area contributed by atoms with Gasteiger partial charge in [-0.2, -0.15) is 4.98 Å². The second-order valence-electron chi connectivity index (χ2n) is 6.43. The Labute approximate surface area is 170 Å². The fourth-order valence-electron chi connectivity index (χ4n) is 2.80. The normalized spacial score (nSPS) is 12.1. The lowest BCUT2D eigenvalue weighted by Crippen LogP contribution is -2.31. The molecule has 0 radical (unpaired) electrons. The van der Waals surface area contributed by atoms with E-state index in [1.54, 1.807) is 0 Å². The first-order valence-electron chi connectivity index (χ1n) is 9.26. The van der Waals surface area contributed by atoms with Crippen LogP contribution in [-0.2, 0) is 11.2 Å². The predicted molar refractivity (Wildman–Crippen MR) is 115 cm³/mol. The van der Waals surface area contributed by atoms with Crippen LogP contribution in [0.1, 0.15) is 12.5 Å².